The molecule has 0 saturated carbocycles. The van der Waals surface area contributed by atoms with Gasteiger partial charge in [-0.2, -0.15) is 0 Å². The van der Waals surface area contributed by atoms with Gasteiger partial charge in [0.05, 0.1) is 18.6 Å². The predicted molar refractivity (Wildman–Crippen MR) is 114 cm³/mol. The number of epoxide rings is 1. The van der Waals surface area contributed by atoms with Crippen molar-refractivity contribution in [3.8, 4) is 0 Å². The van der Waals surface area contributed by atoms with E-state index in [0.717, 1.165) is 24.3 Å². The first-order valence-corrected chi connectivity index (χ1v) is 9.95. The molecule has 1 fully saturated rings. The number of carboxylic acids is 1. The van der Waals surface area contributed by atoms with Gasteiger partial charge in [0.2, 0.25) is 0 Å². The zero-order valence-corrected chi connectivity index (χ0v) is 16.3. The van der Waals surface area contributed by atoms with Crippen LogP contribution in [-0.2, 0) is 29.0 Å². The van der Waals surface area contributed by atoms with Gasteiger partial charge in [0.1, 0.15) is 0 Å². The Balaban J connectivity index is 1.52. The summed E-state index contributed by atoms with van der Waals surface area (Å²) < 4.78 is 5.21. The van der Waals surface area contributed by atoms with E-state index in [1.54, 1.807) is 0 Å². The van der Waals surface area contributed by atoms with Gasteiger partial charge in [0.15, 0.2) is 0 Å². The molecule has 0 aromatic heterocycles. The van der Waals surface area contributed by atoms with Gasteiger partial charge in [-0.25, -0.2) is 0 Å². The number of nitrogens with zero attached hydrogens (tertiary/aromatic N) is 1. The molecule has 0 amide bonds. The Morgan fingerprint density at radius 2 is 1.38 bits per heavy atom. The minimum absolute atomic E-state index is 0.139. The molecule has 3 aromatic carbocycles. The first-order valence-electron chi connectivity index (χ1n) is 9.95. The molecule has 1 aliphatic rings. The molecule has 1 N–H and O–H groups in total. The van der Waals surface area contributed by atoms with E-state index in [0.29, 0.717) is 13.0 Å². The Labute approximate surface area is 171 Å². The summed E-state index contributed by atoms with van der Waals surface area (Å²) in [5.74, 6) is -1.25. The summed E-state index contributed by atoms with van der Waals surface area (Å²) in [6, 6.07) is 29.1. The maximum absolute atomic E-state index is 11.5. The molecule has 1 unspecified atom stereocenters. The van der Waals surface area contributed by atoms with Crippen LogP contribution in [0.4, 0.5) is 5.69 Å². The van der Waals surface area contributed by atoms with Crippen LogP contribution >= 0.6 is 0 Å². The van der Waals surface area contributed by atoms with Crippen molar-refractivity contribution in [2.24, 2.45) is 5.92 Å². The van der Waals surface area contributed by atoms with Gasteiger partial charge in [-0.15, -0.1) is 0 Å². The number of benzene rings is 3. The lowest BCUT2D eigenvalue weighted by Gasteiger charge is -2.25. The fourth-order valence-corrected chi connectivity index (χ4v) is 3.61. The van der Waals surface area contributed by atoms with Crippen LogP contribution in [0.3, 0.4) is 0 Å². The van der Waals surface area contributed by atoms with Crippen LogP contribution in [0.15, 0.2) is 84.9 Å². The Morgan fingerprint density at radius 3 is 1.83 bits per heavy atom. The second-order valence-corrected chi connectivity index (χ2v) is 7.51. The molecular formula is C25H25NO3. The average molecular weight is 387 g/mol. The molecule has 4 heteroatoms. The molecule has 4 nitrogen and oxygen atoms in total. The third-order valence-electron chi connectivity index (χ3n) is 5.31. The van der Waals surface area contributed by atoms with E-state index in [2.05, 4.69) is 65.6 Å². The molecule has 1 saturated heterocycles. The molecule has 0 radical (unpaired) electrons. The summed E-state index contributed by atoms with van der Waals surface area (Å²) in [4.78, 5) is 13.8. The monoisotopic (exact) mass is 387 g/mol. The van der Waals surface area contributed by atoms with Crippen LogP contribution in [-0.4, -0.2) is 23.8 Å². The first-order chi connectivity index (χ1) is 14.2. The summed E-state index contributed by atoms with van der Waals surface area (Å²) in [6.45, 7) is 2.17. The standard InChI is InChI=1S/C25H25NO3/c27-25(28)23(24-18-29-24)15-19-11-13-22(14-12-19)26(16-20-7-3-1-4-8-20)17-21-9-5-2-6-10-21/h1-14,23-24H,15-18H2,(H,27,28)/t23-,24?/m1/s1. The van der Waals surface area contributed by atoms with Crippen molar-refractivity contribution in [2.45, 2.75) is 25.6 Å². The highest BCUT2D eigenvalue weighted by Gasteiger charge is 2.37. The Bertz CT molecular complexity index is 880. The van der Waals surface area contributed by atoms with Gasteiger partial charge in [0, 0.05) is 18.8 Å². The van der Waals surface area contributed by atoms with Crippen LogP contribution in [0.25, 0.3) is 0 Å². The molecule has 29 heavy (non-hydrogen) atoms. The molecule has 1 aliphatic heterocycles. The minimum atomic E-state index is -0.786. The lowest BCUT2D eigenvalue weighted by Crippen LogP contribution is -2.23. The van der Waals surface area contributed by atoms with Crippen molar-refractivity contribution in [1.82, 2.24) is 0 Å². The fraction of sp³-hybridized carbons (Fsp3) is 0.240. The Morgan fingerprint density at radius 1 is 0.862 bits per heavy atom. The minimum Gasteiger partial charge on any atom is -0.481 e. The summed E-state index contributed by atoms with van der Waals surface area (Å²) in [7, 11) is 0. The number of rotatable bonds is 9. The quantitative estimate of drug-likeness (QED) is 0.548. The smallest absolute Gasteiger partial charge is 0.309 e. The van der Waals surface area contributed by atoms with Gasteiger partial charge in [-0.3, -0.25) is 4.79 Å². The Kier molecular flexibility index (Phi) is 5.92. The number of carboxylic acid groups (broad SMARTS) is 1. The van der Waals surface area contributed by atoms with Crippen molar-refractivity contribution in [2.75, 3.05) is 11.5 Å². The molecule has 3 aromatic rings. The SMILES string of the molecule is O=C(O)[C@H](Cc1ccc(N(Cc2ccccc2)Cc2ccccc2)cc1)C1CO1. The van der Waals surface area contributed by atoms with Crippen LogP contribution in [0, 0.1) is 5.92 Å². The molecule has 0 aliphatic carbocycles. The van der Waals surface area contributed by atoms with Gasteiger partial charge < -0.3 is 14.7 Å². The number of hydrogen-bond donors (Lipinski definition) is 1. The van der Waals surface area contributed by atoms with E-state index in [1.807, 2.05) is 24.3 Å². The summed E-state index contributed by atoms with van der Waals surface area (Å²) in [5, 5.41) is 9.43. The normalized spacial score (nSPS) is 16.2. The van der Waals surface area contributed by atoms with E-state index in [-0.39, 0.29) is 6.10 Å². The highest BCUT2D eigenvalue weighted by atomic mass is 16.6. The molecule has 148 valence electrons. The van der Waals surface area contributed by atoms with Crippen molar-refractivity contribution in [1.29, 1.82) is 0 Å². The second-order valence-electron chi connectivity index (χ2n) is 7.51. The van der Waals surface area contributed by atoms with Gasteiger partial charge in [-0.05, 0) is 35.2 Å². The fourth-order valence-electron chi connectivity index (χ4n) is 3.61. The van der Waals surface area contributed by atoms with E-state index in [1.165, 1.54) is 11.1 Å². The number of ether oxygens (including phenoxy) is 1. The molecule has 1 heterocycles. The maximum Gasteiger partial charge on any atom is 0.309 e. The highest BCUT2D eigenvalue weighted by molar-refractivity contribution is 5.71. The maximum atomic E-state index is 11.5. The average Bonchev–Trinajstić information content (AvgIpc) is 3.58. The zero-order chi connectivity index (χ0) is 20.1. The van der Waals surface area contributed by atoms with Crippen LogP contribution in [0.2, 0.25) is 0 Å². The second kappa shape index (κ2) is 8.93. The topological polar surface area (TPSA) is 53.1 Å². The molecule has 0 spiro atoms. The largest absolute Gasteiger partial charge is 0.481 e. The van der Waals surface area contributed by atoms with Gasteiger partial charge in [-0.1, -0.05) is 72.8 Å². The zero-order valence-electron chi connectivity index (χ0n) is 16.3. The van der Waals surface area contributed by atoms with Crippen LogP contribution in [0.5, 0.6) is 0 Å². The van der Waals surface area contributed by atoms with Gasteiger partial charge in [0.25, 0.3) is 0 Å². The third-order valence-corrected chi connectivity index (χ3v) is 5.31. The predicted octanol–water partition coefficient (Wildman–Crippen LogP) is 4.54. The van der Waals surface area contributed by atoms with E-state index in [9.17, 15) is 9.90 Å². The van der Waals surface area contributed by atoms with Gasteiger partial charge >= 0.3 is 5.97 Å². The van der Waals surface area contributed by atoms with Crippen LogP contribution in [0.1, 0.15) is 16.7 Å². The molecular weight excluding hydrogens is 362 g/mol. The molecule has 2 atom stereocenters. The lowest BCUT2D eigenvalue weighted by atomic mass is 9.96. The van der Waals surface area contributed by atoms with Crippen molar-refractivity contribution in [3.05, 3.63) is 102 Å². The number of aliphatic carboxylic acids is 1. The van der Waals surface area contributed by atoms with Crippen molar-refractivity contribution >= 4 is 11.7 Å². The summed E-state index contributed by atoms with van der Waals surface area (Å²) in [5.41, 5.74) is 4.65. The number of hydrogen-bond acceptors (Lipinski definition) is 3. The lowest BCUT2D eigenvalue weighted by molar-refractivity contribution is -0.142. The summed E-state index contributed by atoms with van der Waals surface area (Å²) in [6.07, 6.45) is 0.359. The first kappa shape index (κ1) is 19.2. The number of anilines is 1. The van der Waals surface area contributed by atoms with Crippen LogP contribution < -0.4 is 4.90 Å². The summed E-state index contributed by atoms with van der Waals surface area (Å²) >= 11 is 0. The molecule has 4 rings (SSSR count). The number of carbonyl (C=O) groups is 1. The molecule has 0 bridgehead atoms. The van der Waals surface area contributed by atoms with E-state index in [4.69, 9.17) is 4.74 Å². The third kappa shape index (κ3) is 5.24. The van der Waals surface area contributed by atoms with Crippen molar-refractivity contribution < 1.29 is 14.6 Å². The van der Waals surface area contributed by atoms with E-state index < -0.39 is 11.9 Å². The Hall–Kier alpha value is -3.11. The van der Waals surface area contributed by atoms with E-state index >= 15 is 0 Å². The highest BCUT2D eigenvalue weighted by Crippen LogP contribution is 2.26. The van der Waals surface area contributed by atoms with Crippen molar-refractivity contribution in [3.63, 3.8) is 0 Å².